The van der Waals surface area contributed by atoms with Gasteiger partial charge in [-0.1, -0.05) is 18.2 Å². The Hall–Kier alpha value is -3.49. The molecule has 28 heavy (non-hydrogen) atoms. The van der Waals surface area contributed by atoms with Crippen molar-refractivity contribution >= 4 is 23.0 Å². The molecule has 3 aromatic rings. The molecule has 0 spiro atoms. The Labute approximate surface area is 159 Å². The molecule has 6 nitrogen and oxygen atoms in total. The minimum Gasteiger partial charge on any atom is -0.497 e. The molecule has 1 aromatic heterocycles. The topological polar surface area (TPSA) is 85.1 Å². The van der Waals surface area contributed by atoms with E-state index in [0.717, 1.165) is 23.4 Å². The maximum Gasteiger partial charge on any atom is 0.416 e. The summed E-state index contributed by atoms with van der Waals surface area (Å²) in [6.45, 7) is 0.453. The van der Waals surface area contributed by atoms with Crippen LogP contribution >= 0.6 is 0 Å². The van der Waals surface area contributed by atoms with E-state index < -0.39 is 11.7 Å². The number of anilines is 4. The summed E-state index contributed by atoms with van der Waals surface area (Å²) in [5.74, 6) is 1.34. The number of methoxy groups -OCH3 is 1. The van der Waals surface area contributed by atoms with Crippen LogP contribution in [-0.2, 0) is 12.7 Å². The third kappa shape index (κ3) is 4.61. The van der Waals surface area contributed by atoms with Crippen molar-refractivity contribution in [1.82, 2.24) is 9.97 Å². The summed E-state index contributed by atoms with van der Waals surface area (Å²) in [5, 5.41) is 5.90. The van der Waals surface area contributed by atoms with E-state index >= 15 is 0 Å². The number of nitrogens with two attached hydrogens (primary N) is 1. The first-order valence-corrected chi connectivity index (χ1v) is 8.28. The van der Waals surface area contributed by atoms with Gasteiger partial charge in [0.15, 0.2) is 11.6 Å². The number of rotatable bonds is 6. The Bertz CT molecular complexity index is 945. The fourth-order valence-corrected chi connectivity index (χ4v) is 2.48. The van der Waals surface area contributed by atoms with Gasteiger partial charge in [-0.15, -0.1) is 0 Å². The molecule has 9 heteroatoms. The number of ether oxygens (including phenoxy) is 1. The molecule has 146 valence electrons. The van der Waals surface area contributed by atoms with Gasteiger partial charge < -0.3 is 21.1 Å². The molecule has 0 bridgehead atoms. The summed E-state index contributed by atoms with van der Waals surface area (Å²) < 4.78 is 43.7. The molecule has 4 N–H and O–H groups in total. The van der Waals surface area contributed by atoms with Gasteiger partial charge in [-0.2, -0.15) is 13.2 Å². The van der Waals surface area contributed by atoms with Gasteiger partial charge in [0.25, 0.3) is 0 Å². The van der Waals surface area contributed by atoms with Crippen LogP contribution in [0.15, 0.2) is 54.9 Å². The largest absolute Gasteiger partial charge is 0.497 e. The van der Waals surface area contributed by atoms with Gasteiger partial charge in [-0.25, -0.2) is 9.97 Å². The molecule has 1 heterocycles. The predicted octanol–water partition coefficient (Wildman–Crippen LogP) is 4.44. The second-order valence-corrected chi connectivity index (χ2v) is 5.89. The maximum atomic E-state index is 12.9. The molecule has 0 saturated heterocycles. The second kappa shape index (κ2) is 8.03. The predicted molar refractivity (Wildman–Crippen MR) is 101 cm³/mol. The van der Waals surface area contributed by atoms with Crippen LogP contribution < -0.4 is 21.1 Å². The van der Waals surface area contributed by atoms with E-state index in [9.17, 15) is 13.2 Å². The van der Waals surface area contributed by atoms with Crippen LogP contribution in [0.2, 0.25) is 0 Å². The van der Waals surface area contributed by atoms with Crippen molar-refractivity contribution in [1.29, 1.82) is 0 Å². The lowest BCUT2D eigenvalue weighted by molar-refractivity contribution is -0.137. The van der Waals surface area contributed by atoms with Gasteiger partial charge in [0.05, 0.1) is 12.7 Å². The molecule has 3 rings (SSSR count). The summed E-state index contributed by atoms with van der Waals surface area (Å²) in [7, 11) is 1.59. The average molecular weight is 389 g/mol. The highest BCUT2D eigenvalue weighted by Crippen LogP contribution is 2.32. The summed E-state index contributed by atoms with van der Waals surface area (Å²) in [6, 6.07) is 12.3. The second-order valence-electron chi connectivity index (χ2n) is 5.89. The monoisotopic (exact) mass is 389 g/mol. The Kier molecular flexibility index (Phi) is 5.53. The van der Waals surface area contributed by atoms with Crippen LogP contribution in [0.5, 0.6) is 5.75 Å². The lowest BCUT2D eigenvalue weighted by Crippen LogP contribution is -2.09. The fourth-order valence-electron chi connectivity index (χ4n) is 2.48. The minimum atomic E-state index is -4.43. The van der Waals surface area contributed by atoms with Crippen molar-refractivity contribution in [2.45, 2.75) is 12.7 Å². The number of hydrogen-bond acceptors (Lipinski definition) is 6. The van der Waals surface area contributed by atoms with Crippen LogP contribution in [-0.4, -0.2) is 17.1 Å². The van der Waals surface area contributed by atoms with E-state index in [1.807, 2.05) is 24.3 Å². The van der Waals surface area contributed by atoms with Crippen molar-refractivity contribution in [2.24, 2.45) is 0 Å². The van der Waals surface area contributed by atoms with Gasteiger partial charge >= 0.3 is 6.18 Å². The highest BCUT2D eigenvalue weighted by Gasteiger charge is 2.30. The molecular formula is C19H18F3N5O. The van der Waals surface area contributed by atoms with E-state index in [-0.39, 0.29) is 17.2 Å². The van der Waals surface area contributed by atoms with Crippen LogP contribution in [0.1, 0.15) is 11.1 Å². The average Bonchev–Trinajstić information content (AvgIpc) is 2.69. The quantitative estimate of drug-likeness (QED) is 0.578. The number of nitrogens with zero attached hydrogens (tertiary/aromatic N) is 2. The van der Waals surface area contributed by atoms with Crippen molar-refractivity contribution < 1.29 is 17.9 Å². The number of alkyl halides is 3. The Morgan fingerprint density at radius 1 is 1.04 bits per heavy atom. The summed E-state index contributed by atoms with van der Waals surface area (Å²) in [4.78, 5) is 8.11. The fraction of sp³-hybridized carbons (Fsp3) is 0.158. The first kappa shape index (κ1) is 19.3. The lowest BCUT2D eigenvalue weighted by atomic mass is 10.2. The number of nitrogen functional groups attached to an aromatic ring is 1. The van der Waals surface area contributed by atoms with Crippen LogP contribution in [0.3, 0.4) is 0 Å². The van der Waals surface area contributed by atoms with E-state index in [0.29, 0.717) is 12.4 Å². The normalized spacial score (nSPS) is 11.1. The molecule has 0 atom stereocenters. The molecular weight excluding hydrogens is 371 g/mol. The number of benzene rings is 2. The van der Waals surface area contributed by atoms with Crippen molar-refractivity contribution in [3.05, 3.63) is 66.0 Å². The van der Waals surface area contributed by atoms with Crippen molar-refractivity contribution in [2.75, 3.05) is 23.5 Å². The maximum absolute atomic E-state index is 12.9. The van der Waals surface area contributed by atoms with Gasteiger partial charge in [-0.3, -0.25) is 0 Å². The standard InChI is InChI=1S/C19H18F3N5O/c1-28-15-7-5-12(6-8-15)10-24-17-16(23)18(26-11-25-17)27-14-4-2-3-13(9-14)19(20,21)22/h2-9,11H,10,23H2,1H3,(H2,24,25,26,27). The zero-order chi connectivity index (χ0) is 20.1. The summed E-state index contributed by atoms with van der Waals surface area (Å²) in [6.07, 6.45) is -3.15. The van der Waals surface area contributed by atoms with E-state index in [1.54, 1.807) is 7.11 Å². The molecule has 0 saturated carbocycles. The SMILES string of the molecule is COc1ccc(CNc2ncnc(Nc3cccc(C(F)(F)F)c3)c2N)cc1. The molecule has 2 aromatic carbocycles. The van der Waals surface area contributed by atoms with E-state index in [2.05, 4.69) is 20.6 Å². The first-order chi connectivity index (χ1) is 13.4. The zero-order valence-corrected chi connectivity index (χ0v) is 14.9. The molecule has 0 unspecified atom stereocenters. The molecule has 0 aliphatic heterocycles. The van der Waals surface area contributed by atoms with Gasteiger partial charge in [0.2, 0.25) is 0 Å². The Balaban J connectivity index is 1.74. The highest BCUT2D eigenvalue weighted by molar-refractivity contribution is 5.77. The number of aromatic nitrogens is 2. The van der Waals surface area contributed by atoms with Crippen molar-refractivity contribution in [3.63, 3.8) is 0 Å². The molecule has 0 radical (unpaired) electrons. The third-order valence-corrected chi connectivity index (χ3v) is 3.96. The minimum absolute atomic E-state index is 0.202. The lowest BCUT2D eigenvalue weighted by Gasteiger charge is -2.14. The molecule has 0 amide bonds. The number of hydrogen-bond donors (Lipinski definition) is 3. The molecule has 0 fully saturated rings. The highest BCUT2D eigenvalue weighted by atomic mass is 19.4. The summed E-state index contributed by atoms with van der Waals surface area (Å²) in [5.41, 5.74) is 6.72. The third-order valence-electron chi connectivity index (χ3n) is 3.96. The van der Waals surface area contributed by atoms with Crippen LogP contribution in [0.4, 0.5) is 36.2 Å². The van der Waals surface area contributed by atoms with Crippen molar-refractivity contribution in [3.8, 4) is 5.75 Å². The number of halogens is 3. The van der Waals surface area contributed by atoms with Crippen LogP contribution in [0.25, 0.3) is 0 Å². The zero-order valence-electron chi connectivity index (χ0n) is 14.9. The summed E-state index contributed by atoms with van der Waals surface area (Å²) >= 11 is 0. The van der Waals surface area contributed by atoms with E-state index in [4.69, 9.17) is 10.5 Å². The Morgan fingerprint density at radius 3 is 2.43 bits per heavy atom. The van der Waals surface area contributed by atoms with Gasteiger partial charge in [-0.05, 0) is 35.9 Å². The first-order valence-electron chi connectivity index (χ1n) is 8.28. The van der Waals surface area contributed by atoms with Gasteiger partial charge in [0, 0.05) is 12.2 Å². The van der Waals surface area contributed by atoms with Gasteiger partial charge in [0.1, 0.15) is 17.8 Å². The molecule has 0 aliphatic rings. The van der Waals surface area contributed by atoms with E-state index in [1.165, 1.54) is 18.5 Å². The molecule has 0 aliphatic carbocycles. The van der Waals surface area contributed by atoms with Crippen LogP contribution in [0, 0.1) is 0 Å². The Morgan fingerprint density at radius 2 is 1.75 bits per heavy atom. The number of nitrogens with one attached hydrogen (secondary N) is 2. The smallest absolute Gasteiger partial charge is 0.416 e.